The molecule has 2 aromatic carbocycles. The highest BCUT2D eigenvalue weighted by atomic mass is 16.5. The third-order valence-electron chi connectivity index (χ3n) is 4.83. The van der Waals surface area contributed by atoms with Gasteiger partial charge in [0, 0.05) is 17.1 Å². The van der Waals surface area contributed by atoms with Gasteiger partial charge in [0.15, 0.2) is 11.5 Å². The van der Waals surface area contributed by atoms with Crippen LogP contribution in [0.2, 0.25) is 0 Å². The van der Waals surface area contributed by atoms with Crippen molar-refractivity contribution in [3.63, 3.8) is 0 Å². The molecule has 3 rings (SSSR count). The lowest BCUT2D eigenvalue weighted by Gasteiger charge is -2.15. The number of hydrogen-bond acceptors (Lipinski definition) is 5. The highest BCUT2D eigenvalue weighted by molar-refractivity contribution is 5.88. The molecule has 1 amide bonds. The van der Waals surface area contributed by atoms with Crippen LogP contribution >= 0.6 is 0 Å². The van der Waals surface area contributed by atoms with Gasteiger partial charge in [-0.2, -0.15) is 0 Å². The summed E-state index contributed by atoms with van der Waals surface area (Å²) in [5, 5.41) is 10.7. The van der Waals surface area contributed by atoms with Crippen molar-refractivity contribution in [2.45, 2.75) is 12.6 Å². The first-order chi connectivity index (χ1) is 13.9. The molecule has 0 spiro atoms. The van der Waals surface area contributed by atoms with Crippen molar-refractivity contribution in [1.29, 1.82) is 0 Å². The van der Waals surface area contributed by atoms with E-state index in [-0.39, 0.29) is 6.54 Å². The van der Waals surface area contributed by atoms with E-state index < -0.39 is 12.0 Å². The van der Waals surface area contributed by atoms with Gasteiger partial charge in [-0.05, 0) is 47.0 Å². The maximum absolute atomic E-state index is 11.1. The number of benzene rings is 2. The molecule has 7 heteroatoms. The Morgan fingerprint density at radius 1 is 1.07 bits per heavy atom. The second-order valence-electron chi connectivity index (χ2n) is 6.55. The van der Waals surface area contributed by atoms with Gasteiger partial charge >= 0.3 is 0 Å². The van der Waals surface area contributed by atoms with Gasteiger partial charge in [0.05, 0.1) is 27.9 Å². The molecular formula is C22H24N2O5. The van der Waals surface area contributed by atoms with Gasteiger partial charge in [0.2, 0.25) is 11.7 Å². The van der Waals surface area contributed by atoms with E-state index in [0.717, 1.165) is 27.6 Å². The fourth-order valence-electron chi connectivity index (χ4n) is 3.25. The molecule has 0 fully saturated rings. The van der Waals surface area contributed by atoms with Crippen molar-refractivity contribution < 1.29 is 24.1 Å². The zero-order chi connectivity index (χ0) is 21.1. The van der Waals surface area contributed by atoms with E-state index in [9.17, 15) is 9.90 Å². The number of aliphatic hydroxyl groups is 1. The molecule has 0 bridgehead atoms. The second-order valence-corrected chi connectivity index (χ2v) is 6.55. The van der Waals surface area contributed by atoms with E-state index in [4.69, 9.17) is 19.9 Å². The molecule has 1 aromatic heterocycles. The molecule has 1 heterocycles. The van der Waals surface area contributed by atoms with E-state index in [1.807, 2.05) is 42.6 Å². The third kappa shape index (κ3) is 3.90. The molecule has 7 nitrogen and oxygen atoms in total. The van der Waals surface area contributed by atoms with E-state index >= 15 is 0 Å². The largest absolute Gasteiger partial charge is 0.493 e. The fraction of sp³-hybridized carbons (Fsp3) is 0.227. The number of carbonyl (C=O) groups excluding carboxylic acids is 1. The minimum Gasteiger partial charge on any atom is -0.493 e. The Labute approximate surface area is 168 Å². The lowest BCUT2D eigenvalue weighted by Crippen LogP contribution is -2.31. The number of hydrogen-bond donors (Lipinski definition) is 2. The van der Waals surface area contributed by atoms with Gasteiger partial charge in [0.1, 0.15) is 6.10 Å². The average molecular weight is 396 g/mol. The number of nitrogens with two attached hydrogens (primary N) is 1. The first-order valence-corrected chi connectivity index (χ1v) is 8.95. The Morgan fingerprint density at radius 2 is 1.72 bits per heavy atom. The van der Waals surface area contributed by atoms with Gasteiger partial charge in [0.25, 0.3) is 0 Å². The number of methoxy groups -OCH3 is 3. The maximum Gasteiger partial charge on any atom is 0.248 e. The van der Waals surface area contributed by atoms with Crippen LogP contribution in [-0.4, -0.2) is 43.0 Å². The standard InChI is InChI=1S/C22H24N2O5/c1-13(16-10-19(27-2)21(29-4)20(11-16)28-3)14-5-6-17-15(9-14)7-8-24(17)12-18(25)22(23)26/h5-11,18,25H,1,12H2,2-4H3,(H2,23,26). The summed E-state index contributed by atoms with van der Waals surface area (Å²) in [6, 6.07) is 11.5. The molecule has 0 aliphatic heterocycles. The predicted molar refractivity (Wildman–Crippen MR) is 111 cm³/mol. The third-order valence-corrected chi connectivity index (χ3v) is 4.83. The lowest BCUT2D eigenvalue weighted by atomic mass is 9.97. The number of fused-ring (bicyclic) bond motifs is 1. The lowest BCUT2D eigenvalue weighted by molar-refractivity contribution is -0.126. The zero-order valence-corrected chi connectivity index (χ0v) is 16.6. The summed E-state index contributed by atoms with van der Waals surface area (Å²) in [7, 11) is 4.70. The maximum atomic E-state index is 11.1. The summed E-state index contributed by atoms with van der Waals surface area (Å²) < 4.78 is 18.0. The Bertz CT molecular complexity index is 1050. The van der Waals surface area contributed by atoms with Crippen LogP contribution in [0.3, 0.4) is 0 Å². The van der Waals surface area contributed by atoms with Crippen molar-refractivity contribution in [3.05, 3.63) is 60.3 Å². The zero-order valence-electron chi connectivity index (χ0n) is 16.6. The number of carbonyl (C=O) groups is 1. The number of aromatic nitrogens is 1. The van der Waals surface area contributed by atoms with E-state index in [0.29, 0.717) is 17.2 Å². The Balaban J connectivity index is 1.97. The molecule has 152 valence electrons. The van der Waals surface area contributed by atoms with Crippen LogP contribution in [0.4, 0.5) is 0 Å². The Kier molecular flexibility index (Phi) is 5.79. The molecule has 3 N–H and O–H groups in total. The minimum atomic E-state index is -1.24. The van der Waals surface area contributed by atoms with Crippen molar-refractivity contribution in [2.75, 3.05) is 21.3 Å². The van der Waals surface area contributed by atoms with Gasteiger partial charge in [-0.25, -0.2) is 0 Å². The van der Waals surface area contributed by atoms with Crippen molar-refractivity contribution in [2.24, 2.45) is 5.73 Å². The smallest absolute Gasteiger partial charge is 0.248 e. The quantitative estimate of drug-likeness (QED) is 0.610. The fourth-order valence-corrected chi connectivity index (χ4v) is 3.25. The van der Waals surface area contributed by atoms with Crippen LogP contribution < -0.4 is 19.9 Å². The van der Waals surface area contributed by atoms with Crippen LogP contribution in [0.15, 0.2) is 49.2 Å². The summed E-state index contributed by atoms with van der Waals surface area (Å²) in [5.74, 6) is 0.873. The van der Waals surface area contributed by atoms with Gasteiger partial charge in [-0.3, -0.25) is 4.79 Å². The molecule has 0 saturated heterocycles. The highest BCUT2D eigenvalue weighted by Crippen LogP contribution is 2.40. The number of primary amides is 1. The van der Waals surface area contributed by atoms with Gasteiger partial charge < -0.3 is 29.6 Å². The van der Waals surface area contributed by atoms with E-state index in [2.05, 4.69) is 6.58 Å². The number of nitrogens with zero attached hydrogens (tertiary/aromatic N) is 1. The van der Waals surface area contributed by atoms with Gasteiger partial charge in [-0.15, -0.1) is 0 Å². The van der Waals surface area contributed by atoms with Crippen LogP contribution in [0.5, 0.6) is 17.2 Å². The number of amides is 1. The first kappa shape index (κ1) is 20.3. The molecule has 3 aromatic rings. The summed E-state index contributed by atoms with van der Waals surface area (Å²) in [5.41, 5.74) is 8.57. The number of aliphatic hydroxyl groups excluding tert-OH is 1. The molecular weight excluding hydrogens is 372 g/mol. The molecule has 0 aliphatic carbocycles. The van der Waals surface area contributed by atoms with Crippen molar-refractivity contribution >= 4 is 22.4 Å². The predicted octanol–water partition coefficient (Wildman–Crippen LogP) is 2.57. The average Bonchev–Trinajstić information content (AvgIpc) is 3.13. The summed E-state index contributed by atoms with van der Waals surface area (Å²) in [6.07, 6.45) is 0.572. The van der Waals surface area contributed by atoms with Crippen LogP contribution in [0.25, 0.3) is 16.5 Å². The number of rotatable bonds is 8. The molecule has 0 radical (unpaired) electrons. The van der Waals surface area contributed by atoms with Gasteiger partial charge in [-0.1, -0.05) is 12.6 Å². The van der Waals surface area contributed by atoms with Crippen LogP contribution in [-0.2, 0) is 11.3 Å². The van der Waals surface area contributed by atoms with E-state index in [1.165, 1.54) is 0 Å². The molecule has 1 atom stereocenters. The molecule has 0 aliphatic rings. The molecule has 1 unspecified atom stereocenters. The topological polar surface area (TPSA) is 95.9 Å². The highest BCUT2D eigenvalue weighted by Gasteiger charge is 2.16. The minimum absolute atomic E-state index is 0.103. The summed E-state index contributed by atoms with van der Waals surface area (Å²) >= 11 is 0. The van der Waals surface area contributed by atoms with Crippen molar-refractivity contribution in [1.82, 2.24) is 4.57 Å². The van der Waals surface area contributed by atoms with Crippen LogP contribution in [0, 0.1) is 0 Å². The summed E-state index contributed by atoms with van der Waals surface area (Å²) in [6.45, 7) is 4.33. The summed E-state index contributed by atoms with van der Waals surface area (Å²) in [4.78, 5) is 11.1. The number of ether oxygens (including phenoxy) is 3. The Morgan fingerprint density at radius 3 is 2.28 bits per heavy atom. The van der Waals surface area contributed by atoms with E-state index in [1.54, 1.807) is 25.9 Å². The monoisotopic (exact) mass is 396 g/mol. The first-order valence-electron chi connectivity index (χ1n) is 8.95. The van der Waals surface area contributed by atoms with Crippen molar-refractivity contribution in [3.8, 4) is 17.2 Å². The SMILES string of the molecule is C=C(c1cc(OC)c(OC)c(OC)c1)c1ccc2c(ccn2CC(O)C(N)=O)c1. The normalized spacial score (nSPS) is 11.9. The Hall–Kier alpha value is -3.45. The van der Waals surface area contributed by atoms with Crippen LogP contribution in [0.1, 0.15) is 11.1 Å². The molecule has 0 saturated carbocycles. The molecule has 29 heavy (non-hydrogen) atoms. The second kappa shape index (κ2) is 8.28.